The predicted molar refractivity (Wildman–Crippen MR) is 70.6 cm³/mol. The molecule has 2 aromatic rings. The summed E-state index contributed by atoms with van der Waals surface area (Å²) in [4.78, 5) is 3.43. The monoisotopic (exact) mass is 306 g/mol. The number of aromatic nitrogens is 1. The van der Waals surface area contributed by atoms with Gasteiger partial charge in [0.25, 0.3) is 0 Å². The molecule has 0 fully saturated rings. The van der Waals surface area contributed by atoms with Crippen molar-refractivity contribution in [3.8, 4) is 0 Å². The van der Waals surface area contributed by atoms with E-state index in [2.05, 4.69) is 10.3 Å². The smallest absolute Gasteiger partial charge is 0.385 e. The minimum Gasteiger partial charge on any atom is -0.385 e. The molecule has 0 aliphatic carbocycles. The molecule has 0 atom stereocenters. The summed E-state index contributed by atoms with van der Waals surface area (Å²) < 4.78 is 52.7. The van der Waals surface area contributed by atoms with E-state index >= 15 is 0 Å². The first-order valence-corrected chi connectivity index (χ1v) is 6.24. The van der Waals surface area contributed by atoms with Gasteiger partial charge in [0.05, 0.1) is 0 Å². The zero-order chi connectivity index (χ0) is 15.1. The van der Waals surface area contributed by atoms with Crippen molar-refractivity contribution in [3.05, 3.63) is 34.2 Å². The third-order valence-corrected chi connectivity index (χ3v) is 3.09. The first kappa shape index (κ1) is 14.8. The van der Waals surface area contributed by atoms with Crippen molar-refractivity contribution in [2.45, 2.75) is 20.0 Å². The lowest BCUT2D eigenvalue weighted by atomic mass is 10.1. The molecular formula is C13H11ClF4N2. The Hall–Kier alpha value is -1.56. The molecule has 7 heteroatoms. The second-order valence-electron chi connectivity index (χ2n) is 4.27. The van der Waals surface area contributed by atoms with E-state index in [0.29, 0.717) is 6.54 Å². The van der Waals surface area contributed by atoms with Crippen LogP contribution in [0.1, 0.15) is 18.2 Å². The molecule has 0 saturated heterocycles. The summed E-state index contributed by atoms with van der Waals surface area (Å²) >= 11 is 5.76. The van der Waals surface area contributed by atoms with Crippen LogP contribution < -0.4 is 5.32 Å². The highest BCUT2D eigenvalue weighted by Gasteiger charge is 2.36. The molecule has 0 aliphatic rings. The number of anilines is 1. The van der Waals surface area contributed by atoms with E-state index in [1.54, 1.807) is 6.92 Å². The van der Waals surface area contributed by atoms with Gasteiger partial charge in [-0.3, -0.25) is 0 Å². The fraction of sp³-hybridized carbons (Fsp3) is 0.308. The first-order chi connectivity index (χ1) is 9.25. The van der Waals surface area contributed by atoms with E-state index in [4.69, 9.17) is 11.6 Å². The highest BCUT2D eigenvalue weighted by Crippen LogP contribution is 2.38. The van der Waals surface area contributed by atoms with Crippen LogP contribution in [0.4, 0.5) is 23.2 Å². The number of benzene rings is 1. The molecule has 1 aromatic heterocycles. The van der Waals surface area contributed by atoms with Crippen molar-refractivity contribution in [2.24, 2.45) is 0 Å². The lowest BCUT2D eigenvalue weighted by molar-refractivity contribution is -0.141. The maximum atomic E-state index is 13.8. The molecule has 2 rings (SSSR count). The van der Waals surface area contributed by atoms with Crippen LogP contribution in [0.25, 0.3) is 10.9 Å². The number of hydrogen-bond donors (Lipinski definition) is 1. The van der Waals surface area contributed by atoms with Crippen LogP contribution in [0.5, 0.6) is 0 Å². The van der Waals surface area contributed by atoms with Gasteiger partial charge in [0.15, 0.2) is 5.82 Å². The number of fused-ring (bicyclic) bond motifs is 1. The summed E-state index contributed by atoms with van der Waals surface area (Å²) in [5.41, 5.74) is -1.31. The average molecular weight is 307 g/mol. The molecule has 20 heavy (non-hydrogen) atoms. The normalized spacial score (nSPS) is 11.9. The van der Waals surface area contributed by atoms with E-state index in [1.165, 1.54) is 13.0 Å². The third kappa shape index (κ3) is 2.52. The van der Waals surface area contributed by atoms with Crippen LogP contribution in [0, 0.1) is 12.7 Å². The highest BCUT2D eigenvalue weighted by molar-refractivity contribution is 6.31. The molecule has 1 aromatic carbocycles. The molecule has 0 aliphatic heterocycles. The minimum atomic E-state index is -4.64. The number of alkyl halides is 3. The molecule has 0 spiro atoms. The average Bonchev–Trinajstić information content (AvgIpc) is 2.31. The van der Waals surface area contributed by atoms with E-state index in [-0.39, 0.29) is 27.2 Å². The molecule has 0 amide bonds. The molecule has 0 radical (unpaired) electrons. The van der Waals surface area contributed by atoms with E-state index in [0.717, 1.165) is 6.07 Å². The summed E-state index contributed by atoms with van der Waals surface area (Å²) in [5.74, 6) is -0.878. The van der Waals surface area contributed by atoms with Crippen LogP contribution in [0.3, 0.4) is 0 Å². The van der Waals surface area contributed by atoms with Crippen molar-refractivity contribution >= 4 is 28.2 Å². The van der Waals surface area contributed by atoms with Gasteiger partial charge in [-0.25, -0.2) is 9.37 Å². The molecule has 0 bridgehead atoms. The van der Waals surface area contributed by atoms with Crippen molar-refractivity contribution in [1.82, 2.24) is 4.98 Å². The van der Waals surface area contributed by atoms with Gasteiger partial charge in [-0.2, -0.15) is 13.2 Å². The predicted octanol–water partition coefficient (Wildman–Crippen LogP) is 4.79. The zero-order valence-corrected chi connectivity index (χ0v) is 11.5. The second-order valence-corrected chi connectivity index (χ2v) is 4.71. The Morgan fingerprint density at radius 2 is 1.95 bits per heavy atom. The van der Waals surface area contributed by atoms with Gasteiger partial charge < -0.3 is 5.32 Å². The van der Waals surface area contributed by atoms with Crippen LogP contribution in [0.2, 0.25) is 5.02 Å². The third-order valence-electron chi connectivity index (χ3n) is 2.87. The molecule has 0 saturated carbocycles. The van der Waals surface area contributed by atoms with Gasteiger partial charge in [-0.1, -0.05) is 11.6 Å². The second kappa shape index (κ2) is 5.09. The number of rotatable bonds is 2. The summed E-state index contributed by atoms with van der Waals surface area (Å²) in [6, 6.07) is 2.35. The van der Waals surface area contributed by atoms with Crippen LogP contribution in [-0.2, 0) is 6.18 Å². The molecule has 1 N–H and O–H groups in total. The Kier molecular flexibility index (Phi) is 3.77. The van der Waals surface area contributed by atoms with Crippen molar-refractivity contribution < 1.29 is 17.6 Å². The Labute approximate surface area is 117 Å². The van der Waals surface area contributed by atoms with Crippen LogP contribution >= 0.6 is 11.6 Å². The molecule has 2 nitrogen and oxygen atoms in total. The van der Waals surface area contributed by atoms with Gasteiger partial charge in [-0.15, -0.1) is 0 Å². The summed E-state index contributed by atoms with van der Waals surface area (Å²) in [7, 11) is 0. The van der Waals surface area contributed by atoms with Gasteiger partial charge in [-0.05, 0) is 26.0 Å². The van der Waals surface area contributed by atoms with Crippen molar-refractivity contribution in [1.29, 1.82) is 0 Å². The zero-order valence-electron chi connectivity index (χ0n) is 10.7. The van der Waals surface area contributed by atoms with E-state index in [9.17, 15) is 17.6 Å². The van der Waals surface area contributed by atoms with Gasteiger partial charge in [0, 0.05) is 28.2 Å². The van der Waals surface area contributed by atoms with Crippen molar-refractivity contribution in [3.63, 3.8) is 0 Å². The lowest BCUT2D eigenvalue weighted by Crippen LogP contribution is -2.14. The molecular weight excluding hydrogens is 296 g/mol. The number of nitrogens with one attached hydrogen (secondary N) is 1. The van der Waals surface area contributed by atoms with E-state index in [1.807, 2.05) is 0 Å². The van der Waals surface area contributed by atoms with Crippen LogP contribution in [0.15, 0.2) is 12.1 Å². The molecule has 108 valence electrons. The Balaban J connectivity index is 2.91. The van der Waals surface area contributed by atoms with E-state index < -0.39 is 17.7 Å². The summed E-state index contributed by atoms with van der Waals surface area (Å²) in [6.07, 6.45) is -4.64. The first-order valence-electron chi connectivity index (χ1n) is 5.86. The fourth-order valence-corrected chi connectivity index (χ4v) is 2.27. The maximum Gasteiger partial charge on any atom is 0.433 e. The number of halogens is 5. The van der Waals surface area contributed by atoms with Gasteiger partial charge >= 0.3 is 6.18 Å². The summed E-state index contributed by atoms with van der Waals surface area (Å²) in [5, 5.41) is 3.17. The maximum absolute atomic E-state index is 13.8. The SMILES string of the molecule is CCNc1c(C)c(C(F)(F)F)nc2c(F)cc(Cl)cc12. The number of pyridine rings is 1. The summed E-state index contributed by atoms with van der Waals surface area (Å²) in [6.45, 7) is 3.43. The molecule has 0 unspecified atom stereocenters. The lowest BCUT2D eigenvalue weighted by Gasteiger charge is -2.17. The van der Waals surface area contributed by atoms with Crippen LogP contribution in [-0.4, -0.2) is 11.5 Å². The molecule has 1 heterocycles. The largest absolute Gasteiger partial charge is 0.433 e. The highest BCUT2D eigenvalue weighted by atomic mass is 35.5. The topological polar surface area (TPSA) is 24.9 Å². The quantitative estimate of drug-likeness (QED) is 0.807. The number of nitrogens with zero attached hydrogens (tertiary/aromatic N) is 1. The Morgan fingerprint density at radius 1 is 1.30 bits per heavy atom. The van der Waals surface area contributed by atoms with Gasteiger partial charge in [0.2, 0.25) is 0 Å². The number of hydrogen-bond acceptors (Lipinski definition) is 2. The van der Waals surface area contributed by atoms with Gasteiger partial charge in [0.1, 0.15) is 11.2 Å². The fourth-order valence-electron chi connectivity index (χ4n) is 2.07. The Morgan fingerprint density at radius 3 is 2.50 bits per heavy atom. The minimum absolute atomic E-state index is 0.0754. The standard InChI is InChI=1S/C13H11ClF4N2/c1-3-19-10-6(2)12(13(16,17)18)20-11-8(10)4-7(14)5-9(11)15/h4-5H,3H2,1-2H3,(H,19,20). The van der Waals surface area contributed by atoms with Crippen molar-refractivity contribution in [2.75, 3.05) is 11.9 Å². The Bertz CT molecular complexity index is 668.